The summed E-state index contributed by atoms with van der Waals surface area (Å²) in [6.07, 6.45) is 2.30. The van der Waals surface area contributed by atoms with Gasteiger partial charge in [0.15, 0.2) is 0 Å². The smallest absolute Gasteiger partial charge is 0.330 e. The van der Waals surface area contributed by atoms with Gasteiger partial charge in [0, 0.05) is 23.1 Å². The summed E-state index contributed by atoms with van der Waals surface area (Å²) in [5.74, 6) is -1.37. The number of ether oxygens (including phenoxy) is 1. The molecule has 1 aliphatic heterocycles. The average Bonchev–Trinajstić information content (AvgIpc) is 2.67. The highest BCUT2D eigenvalue weighted by Gasteiger charge is 2.40. The standard InChI is InChI=1S/C10H13N5O3/c1-6-5-15(9(17)12-8(6)16)10(13-14-11)4-3-7(2)18-10/h5,7H,3-4H2,1-2H3,(H,12,16,17)/t7-,10+/m1/s1. The van der Waals surface area contributed by atoms with Crippen molar-refractivity contribution in [1.29, 1.82) is 0 Å². The summed E-state index contributed by atoms with van der Waals surface area (Å²) in [5.41, 5.74) is 7.89. The number of aromatic amines is 1. The molecular formula is C10H13N5O3. The molecule has 8 nitrogen and oxygen atoms in total. The molecule has 1 saturated heterocycles. The second-order valence-electron chi connectivity index (χ2n) is 4.34. The van der Waals surface area contributed by atoms with Crippen molar-refractivity contribution in [3.05, 3.63) is 43.0 Å². The highest BCUT2D eigenvalue weighted by atomic mass is 16.5. The summed E-state index contributed by atoms with van der Waals surface area (Å²) >= 11 is 0. The molecule has 1 aromatic heterocycles. The van der Waals surface area contributed by atoms with Crippen LogP contribution in [0.15, 0.2) is 20.9 Å². The van der Waals surface area contributed by atoms with Crippen LogP contribution in [-0.2, 0) is 10.6 Å². The van der Waals surface area contributed by atoms with Crippen molar-refractivity contribution >= 4 is 0 Å². The van der Waals surface area contributed by atoms with Gasteiger partial charge in [0.2, 0.25) is 5.85 Å². The van der Waals surface area contributed by atoms with E-state index in [1.165, 1.54) is 6.20 Å². The van der Waals surface area contributed by atoms with E-state index in [2.05, 4.69) is 15.0 Å². The number of azide groups is 1. The van der Waals surface area contributed by atoms with Gasteiger partial charge in [-0.1, -0.05) is 0 Å². The summed E-state index contributed by atoms with van der Waals surface area (Å²) in [5, 5.41) is 3.61. The molecule has 1 fully saturated rings. The Morgan fingerprint density at radius 2 is 2.39 bits per heavy atom. The van der Waals surface area contributed by atoms with Gasteiger partial charge < -0.3 is 4.74 Å². The van der Waals surface area contributed by atoms with Gasteiger partial charge in [-0.15, -0.1) is 0 Å². The molecule has 0 bridgehead atoms. The van der Waals surface area contributed by atoms with Crippen LogP contribution in [0.1, 0.15) is 25.3 Å². The van der Waals surface area contributed by atoms with E-state index in [4.69, 9.17) is 10.3 Å². The van der Waals surface area contributed by atoms with Crippen LogP contribution in [0.3, 0.4) is 0 Å². The Morgan fingerprint density at radius 3 is 2.94 bits per heavy atom. The third kappa shape index (κ3) is 1.92. The molecule has 2 heterocycles. The molecule has 0 amide bonds. The fourth-order valence-electron chi connectivity index (χ4n) is 2.03. The van der Waals surface area contributed by atoms with Gasteiger partial charge in [0.05, 0.1) is 6.10 Å². The van der Waals surface area contributed by atoms with Crippen molar-refractivity contribution in [1.82, 2.24) is 9.55 Å². The lowest BCUT2D eigenvalue weighted by Crippen LogP contribution is -2.43. The van der Waals surface area contributed by atoms with E-state index in [0.29, 0.717) is 18.4 Å². The molecule has 1 N–H and O–H groups in total. The van der Waals surface area contributed by atoms with Crippen molar-refractivity contribution in [2.45, 2.75) is 38.6 Å². The van der Waals surface area contributed by atoms with Crippen LogP contribution >= 0.6 is 0 Å². The minimum Gasteiger partial charge on any atom is -0.347 e. The van der Waals surface area contributed by atoms with E-state index in [9.17, 15) is 9.59 Å². The maximum absolute atomic E-state index is 11.8. The van der Waals surface area contributed by atoms with Crippen molar-refractivity contribution in [3.63, 3.8) is 0 Å². The van der Waals surface area contributed by atoms with E-state index in [1.807, 2.05) is 6.92 Å². The van der Waals surface area contributed by atoms with Crippen LogP contribution in [0.2, 0.25) is 0 Å². The second kappa shape index (κ2) is 4.32. The first kappa shape index (κ1) is 12.4. The van der Waals surface area contributed by atoms with Crippen molar-refractivity contribution < 1.29 is 4.74 Å². The van der Waals surface area contributed by atoms with Gasteiger partial charge in [-0.3, -0.25) is 14.3 Å². The number of nitrogens with one attached hydrogen (secondary N) is 1. The summed E-state index contributed by atoms with van der Waals surface area (Å²) in [6.45, 7) is 3.40. The average molecular weight is 251 g/mol. The number of aromatic nitrogens is 2. The zero-order valence-electron chi connectivity index (χ0n) is 10.1. The van der Waals surface area contributed by atoms with E-state index >= 15 is 0 Å². The molecule has 8 heteroatoms. The van der Waals surface area contributed by atoms with Gasteiger partial charge in [-0.2, -0.15) is 0 Å². The van der Waals surface area contributed by atoms with Crippen LogP contribution in [0.4, 0.5) is 0 Å². The van der Waals surface area contributed by atoms with Gasteiger partial charge in [-0.05, 0) is 30.9 Å². The fourth-order valence-corrected chi connectivity index (χ4v) is 2.03. The zero-order chi connectivity index (χ0) is 13.3. The van der Waals surface area contributed by atoms with Gasteiger partial charge in [0.25, 0.3) is 5.56 Å². The Hall–Kier alpha value is -2.05. The predicted molar refractivity (Wildman–Crippen MR) is 63.0 cm³/mol. The Morgan fingerprint density at radius 1 is 1.67 bits per heavy atom. The molecule has 96 valence electrons. The molecule has 1 aliphatic rings. The van der Waals surface area contributed by atoms with Crippen LogP contribution in [-0.4, -0.2) is 15.7 Å². The normalized spacial score (nSPS) is 26.9. The number of aryl methyl sites for hydroxylation is 1. The number of rotatable bonds is 2. The maximum atomic E-state index is 11.8. The van der Waals surface area contributed by atoms with Crippen molar-refractivity contribution in [2.75, 3.05) is 0 Å². The molecule has 0 saturated carbocycles. The molecule has 0 aromatic carbocycles. The van der Waals surface area contributed by atoms with E-state index in [0.717, 1.165) is 4.57 Å². The van der Waals surface area contributed by atoms with Crippen LogP contribution in [0.5, 0.6) is 0 Å². The number of nitrogens with zero attached hydrogens (tertiary/aromatic N) is 4. The summed E-state index contributed by atoms with van der Waals surface area (Å²) in [4.78, 5) is 28.0. The fraction of sp³-hybridized carbons (Fsp3) is 0.600. The molecule has 0 radical (unpaired) electrons. The Bertz CT molecular complexity index is 627. The molecule has 2 atom stereocenters. The predicted octanol–water partition coefficient (Wildman–Crippen LogP) is 0.965. The molecule has 18 heavy (non-hydrogen) atoms. The Balaban J connectivity index is 2.64. The summed E-state index contributed by atoms with van der Waals surface area (Å²) in [7, 11) is 0. The number of hydrogen-bond acceptors (Lipinski definition) is 4. The molecule has 0 unspecified atom stereocenters. The third-order valence-corrected chi connectivity index (χ3v) is 2.96. The third-order valence-electron chi connectivity index (χ3n) is 2.96. The second-order valence-corrected chi connectivity index (χ2v) is 4.34. The minimum atomic E-state index is -1.37. The first-order chi connectivity index (χ1) is 8.48. The van der Waals surface area contributed by atoms with Crippen LogP contribution < -0.4 is 11.2 Å². The largest absolute Gasteiger partial charge is 0.347 e. The minimum absolute atomic E-state index is 0.116. The number of H-pyrrole nitrogens is 1. The molecule has 2 rings (SSSR count). The molecule has 1 aromatic rings. The Labute approximate surface area is 102 Å². The monoisotopic (exact) mass is 251 g/mol. The summed E-state index contributed by atoms with van der Waals surface area (Å²) < 4.78 is 6.72. The van der Waals surface area contributed by atoms with Crippen LogP contribution in [0.25, 0.3) is 10.4 Å². The van der Waals surface area contributed by atoms with Gasteiger partial charge >= 0.3 is 5.69 Å². The molecule has 0 aliphatic carbocycles. The first-order valence-corrected chi connectivity index (χ1v) is 5.55. The number of hydrogen-bond donors (Lipinski definition) is 1. The first-order valence-electron chi connectivity index (χ1n) is 5.55. The van der Waals surface area contributed by atoms with E-state index < -0.39 is 17.1 Å². The van der Waals surface area contributed by atoms with E-state index in [-0.39, 0.29) is 6.10 Å². The topological polar surface area (TPSA) is 113 Å². The van der Waals surface area contributed by atoms with Crippen molar-refractivity contribution in [2.24, 2.45) is 5.11 Å². The highest BCUT2D eigenvalue weighted by Crippen LogP contribution is 2.35. The SMILES string of the molecule is Cc1cn([C@@]2(N=[N+]=[N-])CC[C@@H](C)O2)c(=O)[nH]c1=O. The zero-order valence-corrected chi connectivity index (χ0v) is 10.1. The van der Waals surface area contributed by atoms with Gasteiger partial charge in [0.1, 0.15) is 0 Å². The summed E-state index contributed by atoms with van der Waals surface area (Å²) in [6, 6.07) is 0. The molecule has 0 spiro atoms. The maximum Gasteiger partial charge on any atom is 0.330 e. The lowest BCUT2D eigenvalue weighted by Gasteiger charge is -2.25. The lowest BCUT2D eigenvalue weighted by molar-refractivity contribution is -0.0910. The lowest BCUT2D eigenvalue weighted by atomic mass is 10.2. The molecular weight excluding hydrogens is 238 g/mol. The highest BCUT2D eigenvalue weighted by molar-refractivity contribution is 5.03. The van der Waals surface area contributed by atoms with Crippen LogP contribution in [0, 0.1) is 6.92 Å². The Kier molecular flexibility index (Phi) is 2.98. The van der Waals surface area contributed by atoms with Crippen molar-refractivity contribution in [3.8, 4) is 0 Å². The van der Waals surface area contributed by atoms with Gasteiger partial charge in [-0.25, -0.2) is 4.79 Å². The van der Waals surface area contributed by atoms with E-state index in [1.54, 1.807) is 6.92 Å². The quantitative estimate of drug-likeness (QED) is 0.479.